The highest BCUT2D eigenvalue weighted by Gasteiger charge is 2.37. The van der Waals surface area contributed by atoms with E-state index in [9.17, 15) is 26.3 Å². The van der Waals surface area contributed by atoms with Crippen molar-refractivity contribution in [2.24, 2.45) is 7.05 Å². The van der Waals surface area contributed by atoms with Crippen LogP contribution >= 0.6 is 0 Å². The Morgan fingerprint density at radius 1 is 0.848 bits per heavy atom. The Bertz CT molecular complexity index is 1270. The number of hydrogen-bond donors (Lipinski definition) is 0. The minimum absolute atomic E-state index is 0.0423. The second kappa shape index (κ2) is 8.11. The van der Waals surface area contributed by atoms with E-state index in [-0.39, 0.29) is 17.7 Å². The van der Waals surface area contributed by atoms with Crippen molar-refractivity contribution < 1.29 is 26.3 Å². The summed E-state index contributed by atoms with van der Waals surface area (Å²) in [6.07, 6.45) is -1.70. The van der Waals surface area contributed by atoms with E-state index in [0.717, 1.165) is 11.0 Å². The average molecular weight is 466 g/mol. The van der Waals surface area contributed by atoms with E-state index in [0.29, 0.717) is 23.3 Å². The van der Waals surface area contributed by atoms with Crippen molar-refractivity contribution in [3.8, 4) is 11.4 Å². The molecule has 0 bridgehead atoms. The van der Waals surface area contributed by atoms with Gasteiger partial charge < -0.3 is 0 Å². The third-order valence-electron chi connectivity index (χ3n) is 4.33. The van der Waals surface area contributed by atoms with Gasteiger partial charge in [0.1, 0.15) is 19.0 Å². The number of hydrogen-bond acceptors (Lipinski definition) is 6. The monoisotopic (exact) mass is 466 g/mol. The number of nitrogens with zero attached hydrogens (tertiary/aromatic N) is 8. The van der Waals surface area contributed by atoms with Crippen LogP contribution in [0.2, 0.25) is 0 Å². The molecule has 0 N–H and O–H groups in total. The standard InChI is InChI=1S/C19H12F6N8/c1-32-9-28-17(30-32)15(12-5-26-8-27-6-12)7-33-10-29-16(31-33)11-2-13(18(20,21)22)4-14(3-11)19(23,24)25/h2-10H,1H3/b15-7+. The van der Waals surface area contributed by atoms with Crippen LogP contribution in [0, 0.1) is 0 Å². The van der Waals surface area contributed by atoms with Gasteiger partial charge in [0.2, 0.25) is 0 Å². The molecule has 3 aromatic heterocycles. The summed E-state index contributed by atoms with van der Waals surface area (Å²) >= 11 is 0. The van der Waals surface area contributed by atoms with Crippen LogP contribution in [0.4, 0.5) is 26.3 Å². The summed E-state index contributed by atoms with van der Waals surface area (Å²) in [6.45, 7) is 0. The Balaban J connectivity index is 1.79. The van der Waals surface area contributed by atoms with Crippen molar-refractivity contribution in [1.82, 2.24) is 39.5 Å². The largest absolute Gasteiger partial charge is 0.416 e. The van der Waals surface area contributed by atoms with Crippen molar-refractivity contribution in [2.75, 3.05) is 0 Å². The summed E-state index contributed by atoms with van der Waals surface area (Å²) in [4.78, 5) is 15.9. The van der Waals surface area contributed by atoms with Crippen LogP contribution in [0.15, 0.2) is 49.6 Å². The average Bonchev–Trinajstić information content (AvgIpc) is 3.40. The molecule has 0 aliphatic carbocycles. The molecule has 0 saturated carbocycles. The fraction of sp³-hybridized carbons (Fsp3) is 0.158. The van der Waals surface area contributed by atoms with Crippen molar-refractivity contribution in [3.63, 3.8) is 0 Å². The smallest absolute Gasteiger partial charge is 0.255 e. The number of benzene rings is 1. The Morgan fingerprint density at radius 2 is 1.48 bits per heavy atom. The Labute approximate surface area is 181 Å². The molecule has 1 aromatic carbocycles. The summed E-state index contributed by atoms with van der Waals surface area (Å²) in [5.41, 5.74) is -2.46. The first-order valence-corrected chi connectivity index (χ1v) is 9.05. The van der Waals surface area contributed by atoms with Gasteiger partial charge in [0.25, 0.3) is 0 Å². The lowest BCUT2D eigenvalue weighted by atomic mass is 10.0. The lowest BCUT2D eigenvalue weighted by Gasteiger charge is -2.13. The van der Waals surface area contributed by atoms with Gasteiger partial charge in [-0.05, 0) is 18.2 Å². The first kappa shape index (κ1) is 22.1. The summed E-state index contributed by atoms with van der Waals surface area (Å²) in [5.74, 6) is -0.0664. The molecule has 0 fully saturated rings. The van der Waals surface area contributed by atoms with Gasteiger partial charge in [-0.15, -0.1) is 5.10 Å². The van der Waals surface area contributed by atoms with Gasteiger partial charge in [-0.1, -0.05) is 0 Å². The van der Waals surface area contributed by atoms with Gasteiger partial charge in [0.05, 0.1) is 11.1 Å². The number of aryl methyl sites for hydroxylation is 1. The lowest BCUT2D eigenvalue weighted by molar-refractivity contribution is -0.143. The summed E-state index contributed by atoms with van der Waals surface area (Å²) < 4.78 is 81.5. The van der Waals surface area contributed by atoms with E-state index in [1.807, 2.05) is 0 Å². The molecule has 33 heavy (non-hydrogen) atoms. The van der Waals surface area contributed by atoms with Crippen molar-refractivity contribution in [3.05, 3.63) is 72.1 Å². The first-order valence-electron chi connectivity index (χ1n) is 9.05. The van der Waals surface area contributed by atoms with E-state index < -0.39 is 29.0 Å². The van der Waals surface area contributed by atoms with Gasteiger partial charge in [0, 0.05) is 42.3 Å². The van der Waals surface area contributed by atoms with Crippen LogP contribution in [0.5, 0.6) is 0 Å². The maximum absolute atomic E-state index is 13.2. The molecule has 0 amide bonds. The van der Waals surface area contributed by atoms with Crippen LogP contribution in [0.25, 0.3) is 23.2 Å². The molecular weight excluding hydrogens is 454 g/mol. The normalized spacial score (nSPS) is 12.9. The zero-order chi connectivity index (χ0) is 23.8. The molecule has 0 spiro atoms. The lowest BCUT2D eigenvalue weighted by Crippen LogP contribution is -2.11. The Morgan fingerprint density at radius 3 is 2.03 bits per heavy atom. The molecule has 0 saturated heterocycles. The molecule has 0 aliphatic rings. The van der Waals surface area contributed by atoms with E-state index in [1.54, 1.807) is 7.05 Å². The number of halogens is 6. The first-order chi connectivity index (χ1) is 15.5. The molecular formula is C19H12F6N8. The molecule has 0 radical (unpaired) electrons. The van der Waals surface area contributed by atoms with E-state index in [4.69, 9.17) is 0 Å². The SMILES string of the molecule is Cn1cnc(/C(=C/n2cnc(-c3cc(C(F)(F)F)cc(C(F)(F)F)c3)n2)c2cncnc2)n1. The predicted octanol–water partition coefficient (Wildman–Crippen LogP) is 3.95. The highest BCUT2D eigenvalue weighted by molar-refractivity contribution is 5.83. The van der Waals surface area contributed by atoms with Crippen molar-refractivity contribution >= 4 is 11.8 Å². The van der Waals surface area contributed by atoms with E-state index in [1.165, 1.54) is 35.9 Å². The van der Waals surface area contributed by atoms with Crippen molar-refractivity contribution in [1.29, 1.82) is 0 Å². The van der Waals surface area contributed by atoms with E-state index >= 15 is 0 Å². The molecule has 8 nitrogen and oxygen atoms in total. The van der Waals surface area contributed by atoms with Gasteiger partial charge >= 0.3 is 12.4 Å². The molecule has 4 rings (SSSR count). The highest BCUT2D eigenvalue weighted by atomic mass is 19.4. The van der Waals surface area contributed by atoms with Gasteiger partial charge in [-0.2, -0.15) is 31.4 Å². The summed E-state index contributed by atoms with van der Waals surface area (Å²) in [6, 6.07) is 1.16. The second-order valence-electron chi connectivity index (χ2n) is 6.75. The van der Waals surface area contributed by atoms with Crippen molar-refractivity contribution in [2.45, 2.75) is 12.4 Å². The molecule has 4 aromatic rings. The van der Waals surface area contributed by atoms with Crippen LogP contribution in [0.3, 0.4) is 0 Å². The fourth-order valence-corrected chi connectivity index (χ4v) is 2.85. The zero-order valence-electron chi connectivity index (χ0n) is 16.5. The minimum Gasteiger partial charge on any atom is -0.255 e. The quantitative estimate of drug-likeness (QED) is 0.424. The molecule has 14 heteroatoms. The van der Waals surface area contributed by atoms with Crippen LogP contribution < -0.4 is 0 Å². The Hall–Kier alpha value is -4.10. The molecule has 0 aliphatic heterocycles. The molecule has 170 valence electrons. The third kappa shape index (κ3) is 4.88. The van der Waals surface area contributed by atoms with Gasteiger partial charge in [0.15, 0.2) is 11.6 Å². The Kier molecular flexibility index (Phi) is 5.43. The molecule has 0 unspecified atom stereocenters. The van der Waals surface area contributed by atoms with E-state index in [2.05, 4.69) is 30.1 Å². The van der Waals surface area contributed by atoms with Gasteiger partial charge in [-0.3, -0.25) is 4.68 Å². The minimum atomic E-state index is -4.98. The second-order valence-corrected chi connectivity index (χ2v) is 6.75. The number of rotatable bonds is 4. The summed E-state index contributed by atoms with van der Waals surface area (Å²) in [5, 5.41) is 8.21. The van der Waals surface area contributed by atoms with Crippen LogP contribution in [-0.2, 0) is 19.4 Å². The highest BCUT2D eigenvalue weighted by Crippen LogP contribution is 2.38. The fourth-order valence-electron chi connectivity index (χ4n) is 2.85. The third-order valence-corrected chi connectivity index (χ3v) is 4.33. The topological polar surface area (TPSA) is 87.2 Å². The maximum Gasteiger partial charge on any atom is 0.416 e. The van der Waals surface area contributed by atoms with Crippen LogP contribution in [-0.4, -0.2) is 39.5 Å². The summed E-state index contributed by atoms with van der Waals surface area (Å²) in [7, 11) is 1.65. The number of alkyl halides is 6. The molecule has 0 atom stereocenters. The number of aromatic nitrogens is 8. The zero-order valence-corrected chi connectivity index (χ0v) is 16.5. The van der Waals surface area contributed by atoms with Gasteiger partial charge in [-0.25, -0.2) is 24.6 Å². The molecule has 3 heterocycles. The predicted molar refractivity (Wildman–Crippen MR) is 102 cm³/mol. The maximum atomic E-state index is 13.2. The van der Waals surface area contributed by atoms with Crippen LogP contribution in [0.1, 0.15) is 22.5 Å².